The zero-order valence-corrected chi connectivity index (χ0v) is 13.5. The van der Waals surface area contributed by atoms with Gasteiger partial charge in [-0.3, -0.25) is 0 Å². The van der Waals surface area contributed by atoms with Crippen molar-refractivity contribution in [2.75, 3.05) is 0 Å². The average Bonchev–Trinajstić information content (AvgIpc) is 2.90. The topological polar surface area (TPSA) is 25.8 Å². The lowest BCUT2D eigenvalue weighted by molar-refractivity contribution is 1.07. The van der Waals surface area contributed by atoms with E-state index in [9.17, 15) is 0 Å². The molecule has 1 aromatic carbocycles. The molecule has 0 aliphatic heterocycles. The van der Waals surface area contributed by atoms with Gasteiger partial charge in [-0.1, -0.05) is 35.3 Å². The molecule has 0 atom stereocenters. The predicted molar refractivity (Wildman–Crippen MR) is 88.9 cm³/mol. The second kappa shape index (κ2) is 6.31. The number of thiophene rings is 1. The monoisotopic (exact) mass is 340 g/mol. The fraction of sp³-hybridized carbons (Fsp3) is 0.143. The lowest BCUT2D eigenvalue weighted by Crippen LogP contribution is -1.93. The van der Waals surface area contributed by atoms with E-state index in [1.54, 1.807) is 23.1 Å². The van der Waals surface area contributed by atoms with Gasteiger partial charge in [-0.25, -0.2) is 9.97 Å². The summed E-state index contributed by atoms with van der Waals surface area (Å²) in [4.78, 5) is 9.81. The first-order valence-electron chi connectivity index (χ1n) is 5.94. The van der Waals surface area contributed by atoms with Crippen molar-refractivity contribution in [3.05, 3.63) is 57.3 Å². The molecule has 102 valence electrons. The normalized spacial score (nSPS) is 11.1. The molecule has 6 heteroatoms. The second-order valence-electron chi connectivity index (χ2n) is 4.19. The van der Waals surface area contributed by atoms with Gasteiger partial charge in [0, 0.05) is 16.2 Å². The van der Waals surface area contributed by atoms with E-state index < -0.39 is 0 Å². The van der Waals surface area contributed by atoms with Crippen molar-refractivity contribution in [1.82, 2.24) is 9.97 Å². The maximum absolute atomic E-state index is 6.15. The Morgan fingerprint density at radius 2 is 1.80 bits per heavy atom. The highest BCUT2D eigenvalue weighted by molar-refractivity contribution is 7.97. The molecule has 20 heavy (non-hydrogen) atoms. The third-order valence-corrected chi connectivity index (χ3v) is 5.08. The molecule has 0 amide bonds. The van der Waals surface area contributed by atoms with Crippen molar-refractivity contribution in [3.8, 4) is 0 Å². The number of fused-ring (bicyclic) bond motifs is 1. The Balaban J connectivity index is 1.66. The molecule has 0 spiro atoms. The summed E-state index contributed by atoms with van der Waals surface area (Å²) in [7, 11) is 0. The third-order valence-electron chi connectivity index (χ3n) is 2.74. The number of hydrogen-bond acceptors (Lipinski definition) is 4. The zero-order chi connectivity index (χ0) is 13.9. The number of thioether (sulfide) groups is 1. The minimum absolute atomic E-state index is 0.540. The largest absolute Gasteiger partial charge is 0.221 e. The van der Waals surface area contributed by atoms with E-state index in [-0.39, 0.29) is 0 Å². The van der Waals surface area contributed by atoms with E-state index >= 15 is 0 Å². The summed E-state index contributed by atoms with van der Waals surface area (Å²) >= 11 is 15.4. The summed E-state index contributed by atoms with van der Waals surface area (Å²) < 4.78 is 0. The van der Waals surface area contributed by atoms with Crippen molar-refractivity contribution in [1.29, 1.82) is 0 Å². The molecule has 2 heterocycles. The van der Waals surface area contributed by atoms with Gasteiger partial charge in [-0.2, -0.15) is 0 Å². The second-order valence-corrected chi connectivity index (χ2v) is 6.86. The highest BCUT2D eigenvalue weighted by Crippen LogP contribution is 2.26. The van der Waals surface area contributed by atoms with Crippen LogP contribution in [-0.4, -0.2) is 9.97 Å². The predicted octanol–water partition coefficient (Wildman–Crippen LogP) is 5.43. The highest BCUT2D eigenvalue weighted by Gasteiger charge is 2.07. The summed E-state index contributed by atoms with van der Waals surface area (Å²) in [5, 5.41) is 4.22. The molecule has 0 saturated heterocycles. The molecular weight excluding hydrogens is 331 g/mol. The Morgan fingerprint density at radius 1 is 1.00 bits per heavy atom. The summed E-state index contributed by atoms with van der Waals surface area (Å²) in [5.41, 5.74) is 1.24. The van der Waals surface area contributed by atoms with E-state index in [1.165, 1.54) is 5.56 Å². The Bertz CT molecular complexity index is 726. The number of halogens is 2. The fourth-order valence-corrected chi connectivity index (χ4v) is 3.82. The number of nitrogens with zero attached hydrogens (tertiary/aromatic N) is 2. The van der Waals surface area contributed by atoms with Gasteiger partial charge in [0.25, 0.3) is 0 Å². The number of aromatic nitrogens is 2. The molecule has 2 aromatic heterocycles. The van der Waals surface area contributed by atoms with Crippen LogP contribution in [0.3, 0.4) is 0 Å². The van der Waals surface area contributed by atoms with Crippen molar-refractivity contribution in [3.63, 3.8) is 0 Å². The van der Waals surface area contributed by atoms with Crippen LogP contribution in [0.4, 0.5) is 0 Å². The summed E-state index contributed by atoms with van der Waals surface area (Å²) in [6, 6.07) is 9.83. The molecule has 0 fully saturated rings. The first kappa shape index (κ1) is 14.1. The third kappa shape index (κ3) is 3.26. The van der Waals surface area contributed by atoms with Crippen LogP contribution >= 0.6 is 46.3 Å². The van der Waals surface area contributed by atoms with Crippen LogP contribution in [0, 0.1) is 0 Å². The van der Waals surface area contributed by atoms with Gasteiger partial charge in [0.1, 0.15) is 15.8 Å². The molecule has 0 saturated carbocycles. The van der Waals surface area contributed by atoms with E-state index in [4.69, 9.17) is 23.2 Å². The number of benzene rings is 1. The number of rotatable bonds is 4. The molecule has 0 N–H and O–H groups in total. The SMILES string of the molecule is Clc1ccc(CSCc2nc(Cl)c3ccsc3n2)cc1. The summed E-state index contributed by atoms with van der Waals surface area (Å²) in [5.74, 6) is 2.43. The minimum Gasteiger partial charge on any atom is -0.221 e. The Hall–Kier alpha value is -0.810. The molecule has 0 unspecified atom stereocenters. The van der Waals surface area contributed by atoms with Gasteiger partial charge in [0.2, 0.25) is 0 Å². The van der Waals surface area contributed by atoms with Gasteiger partial charge in [0.05, 0.1) is 5.75 Å². The maximum atomic E-state index is 6.15. The summed E-state index contributed by atoms with van der Waals surface area (Å²) in [6.45, 7) is 0. The van der Waals surface area contributed by atoms with E-state index in [0.29, 0.717) is 5.15 Å². The van der Waals surface area contributed by atoms with Crippen LogP contribution < -0.4 is 0 Å². The molecule has 0 radical (unpaired) electrons. The molecule has 3 rings (SSSR count). The summed E-state index contributed by atoms with van der Waals surface area (Å²) in [6.07, 6.45) is 0. The van der Waals surface area contributed by atoms with Crippen LogP contribution in [-0.2, 0) is 11.5 Å². The van der Waals surface area contributed by atoms with Gasteiger partial charge in [0.15, 0.2) is 0 Å². The quantitative estimate of drug-likeness (QED) is 0.592. The first-order valence-corrected chi connectivity index (χ1v) is 8.73. The molecule has 3 aromatic rings. The smallest absolute Gasteiger partial charge is 0.141 e. The molecule has 2 nitrogen and oxygen atoms in total. The number of hydrogen-bond donors (Lipinski definition) is 0. The fourth-order valence-electron chi connectivity index (χ4n) is 1.77. The Kier molecular flexibility index (Phi) is 4.46. The minimum atomic E-state index is 0.540. The van der Waals surface area contributed by atoms with Crippen LogP contribution in [0.5, 0.6) is 0 Å². The zero-order valence-electron chi connectivity index (χ0n) is 10.3. The van der Waals surface area contributed by atoms with E-state index in [0.717, 1.165) is 32.6 Å². The Labute approximate surface area is 135 Å². The van der Waals surface area contributed by atoms with Crippen LogP contribution in [0.15, 0.2) is 35.7 Å². The molecule has 0 aliphatic carbocycles. The Morgan fingerprint density at radius 3 is 2.60 bits per heavy atom. The molecule has 0 aliphatic rings. The molecule has 0 bridgehead atoms. The lowest BCUT2D eigenvalue weighted by Gasteiger charge is -2.03. The molecular formula is C14H10Cl2N2S2. The standard InChI is InChI=1S/C14H10Cl2N2S2/c15-10-3-1-9(2-4-10)7-19-8-12-17-13(16)11-5-6-20-14(11)18-12/h1-6H,7-8H2. The maximum Gasteiger partial charge on any atom is 0.141 e. The van der Waals surface area contributed by atoms with E-state index in [1.807, 2.05) is 35.7 Å². The average molecular weight is 341 g/mol. The van der Waals surface area contributed by atoms with Gasteiger partial charge >= 0.3 is 0 Å². The van der Waals surface area contributed by atoms with E-state index in [2.05, 4.69) is 9.97 Å². The van der Waals surface area contributed by atoms with Crippen molar-refractivity contribution in [2.45, 2.75) is 11.5 Å². The van der Waals surface area contributed by atoms with Crippen molar-refractivity contribution in [2.24, 2.45) is 0 Å². The van der Waals surface area contributed by atoms with Crippen LogP contribution in [0.25, 0.3) is 10.2 Å². The first-order chi connectivity index (χ1) is 9.72. The van der Waals surface area contributed by atoms with Crippen LogP contribution in [0.2, 0.25) is 10.2 Å². The lowest BCUT2D eigenvalue weighted by atomic mass is 10.2. The van der Waals surface area contributed by atoms with Crippen molar-refractivity contribution < 1.29 is 0 Å². The van der Waals surface area contributed by atoms with Crippen LogP contribution in [0.1, 0.15) is 11.4 Å². The van der Waals surface area contributed by atoms with Gasteiger partial charge in [-0.05, 0) is 29.1 Å². The van der Waals surface area contributed by atoms with Gasteiger partial charge < -0.3 is 0 Å². The van der Waals surface area contributed by atoms with Gasteiger partial charge in [-0.15, -0.1) is 23.1 Å². The van der Waals surface area contributed by atoms with Crippen molar-refractivity contribution >= 4 is 56.5 Å². The highest BCUT2D eigenvalue weighted by atomic mass is 35.5.